The average molecular weight is 370 g/mol. The minimum Gasteiger partial charge on any atom is -0.354 e. The van der Waals surface area contributed by atoms with Crippen molar-refractivity contribution in [3.63, 3.8) is 0 Å². The lowest BCUT2D eigenvalue weighted by Crippen LogP contribution is -2.46. The fraction of sp³-hybridized carbons (Fsp3) is 0.227. The van der Waals surface area contributed by atoms with E-state index in [1.165, 1.54) is 5.56 Å². The molecule has 6 nitrogen and oxygen atoms in total. The molecule has 4 heterocycles. The number of fused-ring (bicyclic) bond motifs is 1. The molecule has 1 aliphatic heterocycles. The summed E-state index contributed by atoms with van der Waals surface area (Å²) < 4.78 is 1.88. The normalized spacial score (nSPS) is 15.2. The molecule has 0 saturated carbocycles. The van der Waals surface area contributed by atoms with Crippen LogP contribution in [0, 0.1) is 0 Å². The van der Waals surface area contributed by atoms with Gasteiger partial charge in [0.1, 0.15) is 12.1 Å². The summed E-state index contributed by atoms with van der Waals surface area (Å²) in [7, 11) is 0. The van der Waals surface area contributed by atoms with Crippen LogP contribution in [0.4, 0.5) is 5.82 Å². The van der Waals surface area contributed by atoms with Crippen LogP contribution < -0.4 is 4.90 Å². The number of hydrogen-bond donors (Lipinski definition) is 0. The molecule has 1 saturated heterocycles. The van der Waals surface area contributed by atoms with Gasteiger partial charge in [-0.25, -0.2) is 14.5 Å². The van der Waals surface area contributed by atoms with Crippen molar-refractivity contribution in [3.8, 4) is 11.3 Å². The molecule has 0 bridgehead atoms. The Morgan fingerprint density at radius 2 is 1.64 bits per heavy atom. The lowest BCUT2D eigenvalue weighted by Gasteiger charge is -2.35. The molecule has 6 heteroatoms. The van der Waals surface area contributed by atoms with E-state index < -0.39 is 0 Å². The molecule has 0 unspecified atom stereocenters. The maximum Gasteiger partial charge on any atom is 0.155 e. The summed E-state index contributed by atoms with van der Waals surface area (Å²) in [6.07, 6.45) is 3.46. The van der Waals surface area contributed by atoms with Gasteiger partial charge in [0.25, 0.3) is 0 Å². The van der Waals surface area contributed by atoms with E-state index >= 15 is 0 Å². The molecule has 1 fully saturated rings. The van der Waals surface area contributed by atoms with Gasteiger partial charge in [-0.05, 0) is 29.8 Å². The minimum atomic E-state index is 0.868. The highest BCUT2D eigenvalue weighted by atomic mass is 15.3. The van der Waals surface area contributed by atoms with Crippen molar-refractivity contribution in [2.24, 2.45) is 0 Å². The number of pyridine rings is 2. The van der Waals surface area contributed by atoms with Crippen LogP contribution in [-0.2, 0) is 6.54 Å². The Labute approximate surface area is 164 Å². The van der Waals surface area contributed by atoms with E-state index in [0.29, 0.717) is 0 Å². The summed E-state index contributed by atoms with van der Waals surface area (Å²) >= 11 is 0. The number of nitrogens with zero attached hydrogens (tertiary/aromatic N) is 6. The van der Waals surface area contributed by atoms with Crippen LogP contribution in [0.1, 0.15) is 5.56 Å². The van der Waals surface area contributed by atoms with Gasteiger partial charge >= 0.3 is 0 Å². The van der Waals surface area contributed by atoms with E-state index in [0.717, 1.165) is 55.4 Å². The van der Waals surface area contributed by atoms with Crippen LogP contribution >= 0.6 is 0 Å². The first-order valence-corrected chi connectivity index (χ1v) is 9.63. The molecule has 140 valence electrons. The molecule has 0 amide bonds. The van der Waals surface area contributed by atoms with Crippen molar-refractivity contribution in [1.82, 2.24) is 24.5 Å². The number of anilines is 1. The molecule has 1 aromatic carbocycles. The van der Waals surface area contributed by atoms with Crippen molar-refractivity contribution in [3.05, 3.63) is 78.8 Å². The SMILES string of the molecule is c1ccc(N2CCN(Cc3ccc(-c4cccc5ncnn45)cc3)CC2)nc1. The van der Waals surface area contributed by atoms with Crippen molar-refractivity contribution < 1.29 is 0 Å². The first kappa shape index (κ1) is 16.9. The third-order valence-corrected chi connectivity index (χ3v) is 5.30. The Morgan fingerprint density at radius 1 is 0.786 bits per heavy atom. The smallest absolute Gasteiger partial charge is 0.155 e. The molecule has 1 aliphatic rings. The third-order valence-electron chi connectivity index (χ3n) is 5.30. The number of hydrogen-bond acceptors (Lipinski definition) is 5. The Bertz CT molecular complexity index is 1050. The number of rotatable bonds is 4. The number of aromatic nitrogens is 4. The van der Waals surface area contributed by atoms with Crippen molar-refractivity contribution in [2.75, 3.05) is 31.1 Å². The summed E-state index contributed by atoms with van der Waals surface area (Å²) in [5.74, 6) is 1.08. The molecule has 0 atom stereocenters. The molecular weight excluding hydrogens is 348 g/mol. The van der Waals surface area contributed by atoms with E-state index in [1.54, 1.807) is 6.33 Å². The molecule has 3 aromatic heterocycles. The maximum atomic E-state index is 4.46. The monoisotopic (exact) mass is 370 g/mol. The van der Waals surface area contributed by atoms with Crippen LogP contribution in [0.2, 0.25) is 0 Å². The van der Waals surface area contributed by atoms with Crippen molar-refractivity contribution in [2.45, 2.75) is 6.54 Å². The zero-order valence-electron chi connectivity index (χ0n) is 15.6. The Kier molecular flexibility index (Phi) is 4.47. The number of benzene rings is 1. The van der Waals surface area contributed by atoms with Gasteiger partial charge < -0.3 is 4.90 Å². The predicted molar refractivity (Wildman–Crippen MR) is 110 cm³/mol. The third kappa shape index (κ3) is 3.34. The second kappa shape index (κ2) is 7.40. The molecular formula is C22H22N6. The van der Waals surface area contributed by atoms with E-state index in [-0.39, 0.29) is 0 Å². The lowest BCUT2D eigenvalue weighted by atomic mass is 10.1. The predicted octanol–water partition coefficient (Wildman–Crippen LogP) is 3.11. The van der Waals surface area contributed by atoms with Gasteiger partial charge in [0.2, 0.25) is 0 Å². The number of piperazine rings is 1. The molecule has 0 spiro atoms. The van der Waals surface area contributed by atoms with Gasteiger partial charge in [0, 0.05) is 44.5 Å². The van der Waals surface area contributed by atoms with Gasteiger partial charge in [-0.3, -0.25) is 4.90 Å². The fourth-order valence-electron chi connectivity index (χ4n) is 3.78. The van der Waals surface area contributed by atoms with Crippen LogP contribution in [-0.4, -0.2) is 50.7 Å². The summed E-state index contributed by atoms with van der Waals surface area (Å²) in [6.45, 7) is 5.11. The van der Waals surface area contributed by atoms with Crippen LogP contribution in [0.15, 0.2) is 73.2 Å². The van der Waals surface area contributed by atoms with Crippen molar-refractivity contribution in [1.29, 1.82) is 0 Å². The highest BCUT2D eigenvalue weighted by Gasteiger charge is 2.18. The zero-order valence-corrected chi connectivity index (χ0v) is 15.6. The largest absolute Gasteiger partial charge is 0.354 e. The molecule has 5 rings (SSSR count). The van der Waals surface area contributed by atoms with Gasteiger partial charge in [0.15, 0.2) is 5.65 Å². The van der Waals surface area contributed by atoms with Gasteiger partial charge in [0.05, 0.1) is 5.69 Å². The second-order valence-electron chi connectivity index (χ2n) is 7.09. The average Bonchev–Trinajstić information content (AvgIpc) is 3.25. The van der Waals surface area contributed by atoms with Gasteiger partial charge in [-0.2, -0.15) is 5.10 Å². The summed E-state index contributed by atoms with van der Waals surface area (Å²) in [5, 5.41) is 4.33. The summed E-state index contributed by atoms with van der Waals surface area (Å²) in [4.78, 5) is 13.6. The summed E-state index contributed by atoms with van der Waals surface area (Å²) in [5.41, 5.74) is 4.42. The van der Waals surface area contributed by atoms with Crippen LogP contribution in [0.5, 0.6) is 0 Å². The van der Waals surface area contributed by atoms with Gasteiger partial charge in [-0.1, -0.05) is 36.4 Å². The molecule has 0 aliphatic carbocycles. The van der Waals surface area contributed by atoms with Crippen LogP contribution in [0.25, 0.3) is 16.9 Å². The topological polar surface area (TPSA) is 49.6 Å². The molecule has 4 aromatic rings. The molecule has 0 N–H and O–H groups in total. The molecule has 28 heavy (non-hydrogen) atoms. The standard InChI is InChI=1S/C22H22N6/c1-2-11-23-21(5-1)27-14-12-26(13-15-27)16-18-7-9-19(10-8-18)20-4-3-6-22-24-17-25-28(20)22/h1-11,17H,12-16H2. The Balaban J connectivity index is 1.24. The Morgan fingerprint density at radius 3 is 2.43 bits per heavy atom. The minimum absolute atomic E-state index is 0.868. The fourth-order valence-corrected chi connectivity index (χ4v) is 3.78. The van der Waals surface area contributed by atoms with Gasteiger partial charge in [-0.15, -0.1) is 0 Å². The molecule has 0 radical (unpaired) electrons. The van der Waals surface area contributed by atoms with E-state index in [2.05, 4.69) is 67.3 Å². The summed E-state index contributed by atoms with van der Waals surface area (Å²) in [6, 6.07) is 21.0. The maximum absolute atomic E-state index is 4.46. The van der Waals surface area contributed by atoms with E-state index in [1.807, 2.05) is 28.9 Å². The lowest BCUT2D eigenvalue weighted by molar-refractivity contribution is 0.249. The zero-order chi connectivity index (χ0) is 18.8. The van der Waals surface area contributed by atoms with Crippen LogP contribution in [0.3, 0.4) is 0 Å². The second-order valence-corrected chi connectivity index (χ2v) is 7.09. The first-order chi connectivity index (χ1) is 13.9. The van der Waals surface area contributed by atoms with E-state index in [9.17, 15) is 0 Å². The highest BCUT2D eigenvalue weighted by Crippen LogP contribution is 2.21. The quantitative estimate of drug-likeness (QED) is 0.552. The highest BCUT2D eigenvalue weighted by molar-refractivity contribution is 5.63. The Hall–Kier alpha value is -3.25. The first-order valence-electron chi connectivity index (χ1n) is 9.63. The van der Waals surface area contributed by atoms with Crippen molar-refractivity contribution >= 4 is 11.5 Å². The van der Waals surface area contributed by atoms with E-state index in [4.69, 9.17) is 0 Å².